The smallest absolute Gasteiger partial charge is 0.212 e. The first kappa shape index (κ1) is 7.41. The number of likely N-dealkylation sites (N-methyl/N-ethyl adjacent to an activating group) is 1. The van der Waals surface area contributed by atoms with E-state index in [1.54, 1.807) is 0 Å². The van der Waals surface area contributed by atoms with Crippen LogP contribution in [0.1, 0.15) is 12.8 Å². The molecule has 10 heavy (non-hydrogen) atoms. The Bertz CT molecular complexity index is 156. The number of carbonyl (C=O) groups is 2. The largest absolute Gasteiger partial charge is 0.296 e. The molecule has 0 aliphatic carbocycles. The molecule has 0 spiro atoms. The van der Waals surface area contributed by atoms with Gasteiger partial charge in [0, 0.05) is 0 Å². The van der Waals surface area contributed by atoms with Crippen LogP contribution >= 0.6 is 0 Å². The molecule has 0 N–H and O–H groups in total. The molecular formula is C7H11NO2. The summed E-state index contributed by atoms with van der Waals surface area (Å²) in [5.41, 5.74) is 0. The van der Waals surface area contributed by atoms with Crippen molar-refractivity contribution in [2.24, 2.45) is 0 Å². The molecule has 1 aliphatic rings. The highest BCUT2D eigenvalue weighted by atomic mass is 16.2. The van der Waals surface area contributed by atoms with Gasteiger partial charge in [-0.25, -0.2) is 0 Å². The molecule has 0 aromatic carbocycles. The van der Waals surface area contributed by atoms with Gasteiger partial charge >= 0.3 is 0 Å². The Balaban J connectivity index is 2.54. The summed E-state index contributed by atoms with van der Waals surface area (Å²) in [4.78, 5) is 22.8. The summed E-state index contributed by atoms with van der Waals surface area (Å²) in [6.07, 6.45) is 2.29. The number of hydrogen-bond acceptors (Lipinski definition) is 3. The van der Waals surface area contributed by atoms with Crippen LogP contribution in [-0.2, 0) is 9.59 Å². The molecule has 0 bridgehead atoms. The molecule has 1 atom stereocenters. The maximum absolute atomic E-state index is 10.8. The molecule has 0 aromatic heterocycles. The van der Waals surface area contributed by atoms with Gasteiger partial charge in [0.15, 0.2) is 6.29 Å². The maximum atomic E-state index is 10.8. The van der Waals surface area contributed by atoms with Gasteiger partial charge < -0.3 is 0 Å². The fourth-order valence-corrected chi connectivity index (χ4v) is 1.35. The fourth-order valence-electron chi connectivity index (χ4n) is 1.35. The highest BCUT2D eigenvalue weighted by Gasteiger charge is 2.26. The lowest BCUT2D eigenvalue weighted by molar-refractivity contribution is -0.132. The first-order valence-corrected chi connectivity index (χ1v) is 3.45. The van der Waals surface area contributed by atoms with E-state index >= 15 is 0 Å². The van der Waals surface area contributed by atoms with Crippen LogP contribution in [0, 0.1) is 0 Å². The summed E-state index contributed by atoms with van der Waals surface area (Å²) in [6, 6.07) is -0.127. The molecule has 3 heteroatoms. The summed E-state index contributed by atoms with van der Waals surface area (Å²) in [6.45, 7) is 0.935. The van der Waals surface area contributed by atoms with Gasteiger partial charge in [-0.3, -0.25) is 14.5 Å². The molecule has 0 amide bonds. The van der Waals surface area contributed by atoms with Gasteiger partial charge in [-0.1, -0.05) is 0 Å². The second kappa shape index (κ2) is 2.92. The zero-order chi connectivity index (χ0) is 7.56. The molecule has 0 aromatic rings. The maximum Gasteiger partial charge on any atom is 0.212 e. The van der Waals surface area contributed by atoms with Crippen molar-refractivity contribution >= 4 is 12.1 Å². The molecule has 1 aliphatic heterocycles. The summed E-state index contributed by atoms with van der Waals surface area (Å²) in [5.74, 6) is -0.278. The predicted octanol–water partition coefficient (Wildman–Crippen LogP) is -0.151. The number of nitrogens with zero attached hydrogens (tertiary/aromatic N) is 1. The van der Waals surface area contributed by atoms with E-state index in [-0.39, 0.29) is 11.8 Å². The zero-order valence-corrected chi connectivity index (χ0v) is 6.04. The summed E-state index contributed by atoms with van der Waals surface area (Å²) in [5, 5.41) is 0. The van der Waals surface area contributed by atoms with Crippen LogP contribution in [0.4, 0.5) is 0 Å². The van der Waals surface area contributed by atoms with E-state index in [2.05, 4.69) is 0 Å². The van der Waals surface area contributed by atoms with E-state index in [9.17, 15) is 9.59 Å². The van der Waals surface area contributed by atoms with E-state index in [0.29, 0.717) is 6.29 Å². The minimum Gasteiger partial charge on any atom is -0.296 e. The number of likely N-dealkylation sites (tertiary alicyclic amines) is 1. The Labute approximate surface area is 60.0 Å². The second-order valence-corrected chi connectivity index (χ2v) is 2.66. The average Bonchev–Trinajstić information content (AvgIpc) is 2.34. The standard InChI is InChI=1S/C7H11NO2/c1-8-4-2-3-6(8)7(10)5-9/h5-6H,2-4H2,1H3/t6-/m1/s1. The topological polar surface area (TPSA) is 37.4 Å². The van der Waals surface area contributed by atoms with Crippen LogP contribution in [0.5, 0.6) is 0 Å². The summed E-state index contributed by atoms with van der Waals surface area (Å²) < 4.78 is 0. The van der Waals surface area contributed by atoms with Crippen LogP contribution in [-0.4, -0.2) is 36.6 Å². The third-order valence-electron chi connectivity index (χ3n) is 1.97. The lowest BCUT2D eigenvalue weighted by atomic mass is 10.1. The van der Waals surface area contributed by atoms with Gasteiger partial charge in [0.1, 0.15) is 0 Å². The summed E-state index contributed by atoms with van der Waals surface area (Å²) >= 11 is 0. The first-order chi connectivity index (χ1) is 4.75. The second-order valence-electron chi connectivity index (χ2n) is 2.66. The van der Waals surface area contributed by atoms with Crippen molar-refractivity contribution in [3.8, 4) is 0 Å². The molecule has 0 saturated carbocycles. The molecule has 0 radical (unpaired) electrons. The third-order valence-corrected chi connectivity index (χ3v) is 1.97. The molecule has 1 fully saturated rings. The SMILES string of the molecule is CN1CCC[C@@H]1C(=O)C=O. The van der Waals surface area contributed by atoms with Gasteiger partial charge in [-0.15, -0.1) is 0 Å². The Morgan fingerprint density at radius 3 is 2.80 bits per heavy atom. The van der Waals surface area contributed by atoms with Crippen molar-refractivity contribution in [1.82, 2.24) is 4.90 Å². The molecule has 3 nitrogen and oxygen atoms in total. The third kappa shape index (κ3) is 1.24. The van der Waals surface area contributed by atoms with Crippen LogP contribution in [0.15, 0.2) is 0 Å². The first-order valence-electron chi connectivity index (χ1n) is 3.45. The molecule has 1 saturated heterocycles. The van der Waals surface area contributed by atoms with Crippen molar-refractivity contribution in [3.05, 3.63) is 0 Å². The Hall–Kier alpha value is -0.700. The monoisotopic (exact) mass is 141 g/mol. The number of ketones is 1. The lowest BCUT2D eigenvalue weighted by Gasteiger charge is -2.14. The van der Waals surface area contributed by atoms with Crippen LogP contribution in [0.2, 0.25) is 0 Å². The van der Waals surface area contributed by atoms with E-state index in [0.717, 1.165) is 19.4 Å². The number of Topliss-reactive ketones (excluding diaryl/α,β-unsaturated/α-hetero) is 1. The lowest BCUT2D eigenvalue weighted by Crippen LogP contribution is -2.33. The molecule has 0 unspecified atom stereocenters. The Morgan fingerprint density at radius 1 is 1.70 bits per heavy atom. The summed E-state index contributed by atoms with van der Waals surface area (Å²) in [7, 11) is 1.87. The minimum atomic E-state index is -0.278. The van der Waals surface area contributed by atoms with Crippen LogP contribution in [0.25, 0.3) is 0 Å². The normalized spacial score (nSPS) is 26.7. The molecular weight excluding hydrogens is 130 g/mol. The van der Waals surface area contributed by atoms with Crippen LogP contribution < -0.4 is 0 Å². The van der Waals surface area contributed by atoms with Crippen molar-refractivity contribution in [2.75, 3.05) is 13.6 Å². The van der Waals surface area contributed by atoms with E-state index in [4.69, 9.17) is 0 Å². The van der Waals surface area contributed by atoms with Crippen LogP contribution in [0.3, 0.4) is 0 Å². The van der Waals surface area contributed by atoms with Crippen molar-refractivity contribution in [2.45, 2.75) is 18.9 Å². The van der Waals surface area contributed by atoms with E-state index in [1.165, 1.54) is 0 Å². The highest BCUT2D eigenvalue weighted by Crippen LogP contribution is 2.14. The molecule has 56 valence electrons. The predicted molar refractivity (Wildman–Crippen MR) is 36.7 cm³/mol. The van der Waals surface area contributed by atoms with E-state index in [1.807, 2.05) is 11.9 Å². The molecule has 1 rings (SSSR count). The van der Waals surface area contributed by atoms with Gasteiger partial charge in [-0.2, -0.15) is 0 Å². The van der Waals surface area contributed by atoms with Gasteiger partial charge in [0.05, 0.1) is 6.04 Å². The number of carbonyl (C=O) groups excluding carboxylic acids is 2. The zero-order valence-electron chi connectivity index (χ0n) is 6.04. The molecule has 1 heterocycles. The minimum absolute atomic E-state index is 0.127. The van der Waals surface area contributed by atoms with Gasteiger partial charge in [-0.05, 0) is 26.4 Å². The Morgan fingerprint density at radius 2 is 2.40 bits per heavy atom. The van der Waals surface area contributed by atoms with Gasteiger partial charge in [0.2, 0.25) is 5.78 Å². The van der Waals surface area contributed by atoms with E-state index < -0.39 is 0 Å². The average molecular weight is 141 g/mol. The fraction of sp³-hybridized carbons (Fsp3) is 0.714. The van der Waals surface area contributed by atoms with Crippen molar-refractivity contribution in [1.29, 1.82) is 0 Å². The van der Waals surface area contributed by atoms with Crippen molar-refractivity contribution < 1.29 is 9.59 Å². The van der Waals surface area contributed by atoms with Gasteiger partial charge in [0.25, 0.3) is 0 Å². The number of hydrogen-bond donors (Lipinski definition) is 0. The Kier molecular flexibility index (Phi) is 2.17. The van der Waals surface area contributed by atoms with Crippen molar-refractivity contribution in [3.63, 3.8) is 0 Å². The highest BCUT2D eigenvalue weighted by molar-refractivity contribution is 6.27. The number of aldehydes is 1. The quantitative estimate of drug-likeness (QED) is 0.396. The number of rotatable bonds is 2.